The lowest BCUT2D eigenvalue weighted by molar-refractivity contribution is 0.0827. The fraction of sp³-hybridized carbons (Fsp3) is 0.133. The molecule has 0 saturated carbocycles. The van der Waals surface area contributed by atoms with Gasteiger partial charge in [0.05, 0.1) is 17.1 Å². The van der Waals surface area contributed by atoms with Crippen LogP contribution in [0, 0.1) is 5.82 Å². The molecule has 0 spiro atoms. The van der Waals surface area contributed by atoms with Crippen molar-refractivity contribution in [2.75, 3.05) is 25.1 Å². The van der Waals surface area contributed by atoms with Crippen LogP contribution in [0.4, 0.5) is 21.5 Å². The average molecular weight is 308 g/mol. The molecule has 1 amide bonds. The van der Waals surface area contributed by atoms with Gasteiger partial charge in [-0.2, -0.15) is 0 Å². The number of nitrogens with zero attached hydrogens (tertiary/aromatic N) is 1. The number of nitrogens with one attached hydrogen (secondary N) is 1. The number of amides is 1. The van der Waals surface area contributed by atoms with E-state index in [1.165, 1.54) is 17.0 Å². The van der Waals surface area contributed by atoms with Crippen molar-refractivity contribution in [3.63, 3.8) is 0 Å². The summed E-state index contributed by atoms with van der Waals surface area (Å²) in [5.41, 5.74) is 7.52. The van der Waals surface area contributed by atoms with Gasteiger partial charge in [-0.3, -0.25) is 4.79 Å². The smallest absolute Gasteiger partial charge is 0.253 e. The monoisotopic (exact) mass is 307 g/mol. The van der Waals surface area contributed by atoms with Gasteiger partial charge >= 0.3 is 0 Å². The van der Waals surface area contributed by atoms with Crippen molar-refractivity contribution in [2.24, 2.45) is 0 Å². The molecule has 0 bridgehead atoms. The average Bonchev–Trinajstić information content (AvgIpc) is 2.42. The highest BCUT2D eigenvalue weighted by Crippen LogP contribution is 2.27. The highest BCUT2D eigenvalue weighted by atomic mass is 35.5. The quantitative estimate of drug-likeness (QED) is 0.853. The van der Waals surface area contributed by atoms with Gasteiger partial charge in [-0.25, -0.2) is 4.39 Å². The largest absolute Gasteiger partial charge is 0.397 e. The van der Waals surface area contributed by atoms with Crippen molar-refractivity contribution in [1.82, 2.24) is 4.90 Å². The first-order valence-corrected chi connectivity index (χ1v) is 6.59. The maximum atomic E-state index is 13.7. The van der Waals surface area contributed by atoms with Crippen LogP contribution < -0.4 is 11.1 Å². The predicted octanol–water partition coefficient (Wildman–Crippen LogP) is 3.51. The van der Waals surface area contributed by atoms with Crippen LogP contribution in [-0.4, -0.2) is 24.9 Å². The van der Waals surface area contributed by atoms with Gasteiger partial charge < -0.3 is 16.0 Å². The number of hydrogen-bond donors (Lipinski definition) is 2. The summed E-state index contributed by atoms with van der Waals surface area (Å²) in [5, 5.41) is 3.20. The molecule has 0 radical (unpaired) electrons. The molecule has 0 aromatic heterocycles. The number of halogens is 2. The van der Waals surface area contributed by atoms with E-state index in [1.807, 2.05) is 0 Å². The Balaban J connectivity index is 2.27. The summed E-state index contributed by atoms with van der Waals surface area (Å²) >= 11 is 5.70. The molecule has 0 saturated heterocycles. The molecule has 2 aromatic carbocycles. The van der Waals surface area contributed by atoms with Crippen LogP contribution in [0.15, 0.2) is 36.4 Å². The molecule has 0 aliphatic rings. The first kappa shape index (κ1) is 15.1. The van der Waals surface area contributed by atoms with Gasteiger partial charge in [-0.05, 0) is 36.4 Å². The van der Waals surface area contributed by atoms with Crippen LogP contribution in [0.25, 0.3) is 0 Å². The highest BCUT2D eigenvalue weighted by Gasteiger charge is 2.11. The Morgan fingerprint density at radius 3 is 2.43 bits per heavy atom. The Labute approximate surface area is 127 Å². The summed E-state index contributed by atoms with van der Waals surface area (Å²) < 4.78 is 13.7. The van der Waals surface area contributed by atoms with E-state index in [4.69, 9.17) is 17.3 Å². The second kappa shape index (κ2) is 6.01. The lowest BCUT2D eigenvalue weighted by atomic mass is 10.1. The highest BCUT2D eigenvalue weighted by molar-refractivity contribution is 6.30. The van der Waals surface area contributed by atoms with Crippen molar-refractivity contribution in [2.45, 2.75) is 0 Å². The molecule has 0 aliphatic heterocycles. The van der Waals surface area contributed by atoms with Crippen molar-refractivity contribution in [1.29, 1.82) is 0 Å². The fourth-order valence-corrected chi connectivity index (χ4v) is 1.96. The maximum absolute atomic E-state index is 13.7. The van der Waals surface area contributed by atoms with Crippen molar-refractivity contribution >= 4 is 34.6 Å². The molecular formula is C15H15ClFN3O. The van der Waals surface area contributed by atoms with Gasteiger partial charge in [-0.15, -0.1) is 0 Å². The predicted molar refractivity (Wildman–Crippen MR) is 83.6 cm³/mol. The first-order chi connectivity index (χ1) is 9.88. The molecule has 110 valence electrons. The standard InChI is InChI=1S/C15H15ClFN3O/c1-20(2)15(21)9-3-5-14(12(18)7-9)19-13-6-4-10(16)8-11(13)17/h3-8,19H,18H2,1-2H3. The zero-order valence-electron chi connectivity index (χ0n) is 11.7. The second-order valence-corrected chi connectivity index (χ2v) is 5.19. The maximum Gasteiger partial charge on any atom is 0.253 e. The third-order valence-electron chi connectivity index (χ3n) is 2.91. The molecule has 0 atom stereocenters. The van der Waals surface area contributed by atoms with Gasteiger partial charge in [0.25, 0.3) is 5.91 Å². The van der Waals surface area contributed by atoms with Crippen LogP contribution in [0.3, 0.4) is 0 Å². The first-order valence-electron chi connectivity index (χ1n) is 6.21. The van der Waals surface area contributed by atoms with E-state index in [0.29, 0.717) is 22.0 Å². The normalized spacial score (nSPS) is 10.3. The van der Waals surface area contributed by atoms with Gasteiger partial charge in [0.2, 0.25) is 0 Å². The Kier molecular flexibility index (Phi) is 4.33. The van der Waals surface area contributed by atoms with Gasteiger partial charge in [0.15, 0.2) is 0 Å². The molecule has 0 heterocycles. The number of nitrogen functional groups attached to an aromatic ring is 1. The van der Waals surface area contributed by atoms with Crippen LogP contribution in [0.1, 0.15) is 10.4 Å². The summed E-state index contributed by atoms with van der Waals surface area (Å²) in [6.07, 6.45) is 0. The van der Waals surface area contributed by atoms with Crippen LogP contribution in [0.5, 0.6) is 0 Å². The minimum Gasteiger partial charge on any atom is -0.397 e. The number of hydrogen-bond acceptors (Lipinski definition) is 3. The Bertz CT molecular complexity index is 689. The lowest BCUT2D eigenvalue weighted by Gasteiger charge is -2.14. The van der Waals surface area contributed by atoms with Crippen molar-refractivity contribution < 1.29 is 9.18 Å². The Morgan fingerprint density at radius 2 is 1.86 bits per heavy atom. The molecule has 4 nitrogen and oxygen atoms in total. The SMILES string of the molecule is CN(C)C(=O)c1ccc(Nc2ccc(Cl)cc2F)c(N)c1. The number of benzene rings is 2. The molecule has 0 fully saturated rings. The Morgan fingerprint density at radius 1 is 1.19 bits per heavy atom. The van der Waals surface area contributed by atoms with Crippen LogP contribution >= 0.6 is 11.6 Å². The molecule has 21 heavy (non-hydrogen) atoms. The summed E-state index contributed by atoms with van der Waals surface area (Å²) in [5.74, 6) is -0.624. The van der Waals surface area contributed by atoms with Crippen LogP contribution in [0.2, 0.25) is 5.02 Å². The number of carbonyl (C=O) groups excluding carboxylic acids is 1. The van der Waals surface area contributed by atoms with E-state index in [1.54, 1.807) is 38.4 Å². The zero-order chi connectivity index (χ0) is 15.6. The van der Waals surface area contributed by atoms with E-state index in [9.17, 15) is 9.18 Å². The number of anilines is 3. The molecule has 0 aliphatic carbocycles. The van der Waals surface area contributed by atoms with E-state index in [-0.39, 0.29) is 11.6 Å². The van der Waals surface area contributed by atoms with E-state index >= 15 is 0 Å². The molecule has 3 N–H and O–H groups in total. The van der Waals surface area contributed by atoms with E-state index in [2.05, 4.69) is 5.32 Å². The van der Waals surface area contributed by atoms with Crippen LogP contribution in [-0.2, 0) is 0 Å². The molecule has 2 rings (SSSR count). The van der Waals surface area contributed by atoms with Crippen molar-refractivity contribution in [3.05, 3.63) is 52.8 Å². The summed E-state index contributed by atoms with van der Waals surface area (Å²) in [4.78, 5) is 13.3. The molecule has 0 unspecified atom stereocenters. The van der Waals surface area contributed by atoms with E-state index in [0.717, 1.165) is 0 Å². The fourth-order valence-electron chi connectivity index (χ4n) is 1.80. The third kappa shape index (κ3) is 3.44. The van der Waals surface area contributed by atoms with Gasteiger partial charge in [0, 0.05) is 24.7 Å². The summed E-state index contributed by atoms with van der Waals surface area (Å²) in [7, 11) is 3.32. The minimum atomic E-state index is -0.477. The summed E-state index contributed by atoms with van der Waals surface area (Å²) in [6, 6.07) is 9.14. The number of carbonyl (C=O) groups is 1. The minimum absolute atomic E-state index is 0.147. The molecule has 2 aromatic rings. The topological polar surface area (TPSA) is 58.4 Å². The zero-order valence-corrected chi connectivity index (χ0v) is 12.4. The number of rotatable bonds is 3. The summed E-state index contributed by atoms with van der Waals surface area (Å²) in [6.45, 7) is 0. The van der Waals surface area contributed by atoms with Crippen molar-refractivity contribution in [3.8, 4) is 0 Å². The lowest BCUT2D eigenvalue weighted by Crippen LogP contribution is -2.21. The molecule has 6 heteroatoms. The number of nitrogens with two attached hydrogens (primary N) is 1. The van der Waals surface area contributed by atoms with Gasteiger partial charge in [0.1, 0.15) is 5.82 Å². The second-order valence-electron chi connectivity index (χ2n) is 4.75. The Hall–Kier alpha value is -2.27. The third-order valence-corrected chi connectivity index (χ3v) is 3.14. The van der Waals surface area contributed by atoms with Gasteiger partial charge in [-0.1, -0.05) is 11.6 Å². The molecular weight excluding hydrogens is 293 g/mol. The van der Waals surface area contributed by atoms with E-state index < -0.39 is 5.82 Å².